The van der Waals surface area contributed by atoms with Crippen molar-refractivity contribution >= 4 is 50.0 Å². The quantitative estimate of drug-likeness (QED) is 0.224. The maximum atomic E-state index is 13.6. The molecule has 1 N–H and O–H groups in total. The van der Waals surface area contributed by atoms with E-state index in [-0.39, 0.29) is 11.3 Å². The van der Waals surface area contributed by atoms with Gasteiger partial charge in [0.05, 0.1) is 21.8 Å². The van der Waals surface area contributed by atoms with Gasteiger partial charge in [-0.1, -0.05) is 53.3 Å². The SMILES string of the molecule is Cc1ccc(C(=O)C2=C(O)C(=O)N(c3nc4ccc(Cl)cc4s3)C2c2cccc(Oc3ccccc3)c2)o1. The zero-order valence-corrected chi connectivity index (χ0v) is 21.5. The van der Waals surface area contributed by atoms with Crippen molar-refractivity contribution in [1.29, 1.82) is 0 Å². The lowest BCUT2D eigenvalue weighted by Gasteiger charge is -2.24. The average Bonchev–Trinajstić information content (AvgIpc) is 3.60. The van der Waals surface area contributed by atoms with E-state index in [1.54, 1.807) is 55.5 Å². The maximum absolute atomic E-state index is 13.6. The monoisotopic (exact) mass is 542 g/mol. The van der Waals surface area contributed by atoms with Crippen LogP contribution in [0.3, 0.4) is 0 Å². The van der Waals surface area contributed by atoms with Gasteiger partial charge >= 0.3 is 0 Å². The number of aliphatic hydroxyl groups excluding tert-OH is 1. The largest absolute Gasteiger partial charge is 0.503 e. The lowest BCUT2D eigenvalue weighted by molar-refractivity contribution is -0.117. The molecule has 9 heteroatoms. The summed E-state index contributed by atoms with van der Waals surface area (Å²) in [7, 11) is 0. The van der Waals surface area contributed by atoms with Gasteiger partial charge in [0.15, 0.2) is 16.7 Å². The summed E-state index contributed by atoms with van der Waals surface area (Å²) in [5.74, 6) is -0.280. The number of aryl methyl sites for hydroxylation is 1. The molecular weight excluding hydrogens is 524 g/mol. The number of aromatic nitrogens is 1. The number of carbonyl (C=O) groups is 2. The molecule has 3 aromatic carbocycles. The predicted molar refractivity (Wildman–Crippen MR) is 145 cm³/mol. The third-order valence-electron chi connectivity index (χ3n) is 6.11. The van der Waals surface area contributed by atoms with Gasteiger partial charge in [-0.25, -0.2) is 4.98 Å². The number of nitrogens with zero attached hydrogens (tertiary/aromatic N) is 2. The van der Waals surface area contributed by atoms with E-state index in [4.69, 9.17) is 20.8 Å². The summed E-state index contributed by atoms with van der Waals surface area (Å²) in [5, 5.41) is 11.9. The molecule has 1 aliphatic heterocycles. The Morgan fingerprint density at radius 2 is 1.82 bits per heavy atom. The Kier molecular flexibility index (Phi) is 5.98. The molecule has 1 aliphatic rings. The molecule has 0 saturated carbocycles. The molecule has 0 saturated heterocycles. The van der Waals surface area contributed by atoms with Gasteiger partial charge in [-0.15, -0.1) is 0 Å². The molecule has 7 nitrogen and oxygen atoms in total. The van der Waals surface area contributed by atoms with Gasteiger partial charge in [0.2, 0.25) is 5.78 Å². The number of thiazole rings is 1. The Bertz CT molecular complexity index is 1740. The van der Waals surface area contributed by atoms with Crippen molar-refractivity contribution in [3.63, 3.8) is 0 Å². The Morgan fingerprint density at radius 1 is 1.03 bits per heavy atom. The Morgan fingerprint density at radius 3 is 2.58 bits per heavy atom. The van der Waals surface area contributed by atoms with Gasteiger partial charge in [-0.2, -0.15) is 0 Å². The molecule has 0 spiro atoms. The van der Waals surface area contributed by atoms with Crippen molar-refractivity contribution in [3.05, 3.63) is 118 Å². The van der Waals surface area contributed by atoms with E-state index in [0.29, 0.717) is 38.5 Å². The minimum Gasteiger partial charge on any atom is -0.503 e. The van der Waals surface area contributed by atoms with Crippen LogP contribution in [0.4, 0.5) is 5.13 Å². The lowest BCUT2D eigenvalue weighted by Crippen LogP contribution is -2.31. The number of rotatable bonds is 6. The van der Waals surface area contributed by atoms with Crippen LogP contribution < -0.4 is 9.64 Å². The van der Waals surface area contributed by atoms with Crippen molar-refractivity contribution in [3.8, 4) is 11.5 Å². The number of aliphatic hydroxyl groups is 1. The number of carbonyl (C=O) groups excluding carboxylic acids is 2. The number of ether oxygens (including phenoxy) is 1. The summed E-state index contributed by atoms with van der Waals surface area (Å²) in [6.07, 6.45) is 0. The zero-order valence-electron chi connectivity index (χ0n) is 19.9. The van der Waals surface area contributed by atoms with E-state index in [9.17, 15) is 14.7 Å². The summed E-state index contributed by atoms with van der Waals surface area (Å²) in [6.45, 7) is 1.71. The second kappa shape index (κ2) is 9.48. The summed E-state index contributed by atoms with van der Waals surface area (Å²) in [5.41, 5.74) is 1.10. The summed E-state index contributed by atoms with van der Waals surface area (Å²) < 4.78 is 12.3. The third-order valence-corrected chi connectivity index (χ3v) is 7.37. The lowest BCUT2D eigenvalue weighted by atomic mass is 9.95. The van der Waals surface area contributed by atoms with Gasteiger partial charge in [0.25, 0.3) is 5.91 Å². The third kappa shape index (κ3) is 4.23. The molecule has 2 aromatic heterocycles. The highest BCUT2D eigenvalue weighted by Crippen LogP contribution is 2.45. The number of para-hydroxylation sites is 1. The fourth-order valence-electron chi connectivity index (χ4n) is 4.40. The molecule has 5 aromatic rings. The molecule has 1 atom stereocenters. The second-order valence-electron chi connectivity index (χ2n) is 8.68. The molecule has 6 rings (SSSR count). The minimum atomic E-state index is -0.976. The molecule has 1 unspecified atom stereocenters. The molecule has 0 bridgehead atoms. The molecule has 3 heterocycles. The number of Topliss-reactive ketones (excluding diaryl/α,β-unsaturated/α-hetero) is 1. The normalized spacial score (nSPS) is 15.5. The number of furan rings is 1. The number of halogens is 1. The van der Waals surface area contributed by atoms with Crippen LogP contribution in [0, 0.1) is 6.92 Å². The first kappa shape index (κ1) is 24.0. The van der Waals surface area contributed by atoms with E-state index < -0.39 is 23.5 Å². The second-order valence-corrected chi connectivity index (χ2v) is 10.1. The van der Waals surface area contributed by atoms with Crippen LogP contribution in [0.25, 0.3) is 10.2 Å². The van der Waals surface area contributed by atoms with Crippen molar-refractivity contribution in [2.45, 2.75) is 13.0 Å². The van der Waals surface area contributed by atoms with Crippen molar-refractivity contribution in [2.75, 3.05) is 4.90 Å². The average molecular weight is 543 g/mol. The number of amides is 1. The van der Waals surface area contributed by atoms with E-state index in [1.807, 2.05) is 30.3 Å². The fraction of sp³-hybridized carbons (Fsp3) is 0.0690. The summed E-state index contributed by atoms with van der Waals surface area (Å²) in [6, 6.07) is 23.7. The van der Waals surface area contributed by atoms with E-state index in [2.05, 4.69) is 4.98 Å². The van der Waals surface area contributed by atoms with Crippen LogP contribution in [0.2, 0.25) is 5.02 Å². The smallest absolute Gasteiger partial charge is 0.296 e. The van der Waals surface area contributed by atoms with Gasteiger partial charge < -0.3 is 14.3 Å². The highest BCUT2D eigenvalue weighted by Gasteiger charge is 2.46. The standard InChI is InChI=1S/C29H19ClN2O5S/c1-16-10-13-22(36-16)26(33)24-25(17-6-5-9-20(14-17)37-19-7-3-2-4-8-19)32(28(35)27(24)34)29-31-21-12-11-18(30)15-23(21)38-29/h2-15,25,34H,1H3. The van der Waals surface area contributed by atoms with Crippen molar-refractivity contribution < 1.29 is 23.8 Å². The number of fused-ring (bicyclic) bond motifs is 1. The number of hydrogen-bond donors (Lipinski definition) is 1. The highest BCUT2D eigenvalue weighted by molar-refractivity contribution is 7.22. The van der Waals surface area contributed by atoms with Crippen LogP contribution in [0.1, 0.15) is 27.9 Å². The van der Waals surface area contributed by atoms with Crippen LogP contribution in [0.15, 0.2) is 101 Å². The predicted octanol–water partition coefficient (Wildman–Crippen LogP) is 7.43. The molecule has 188 valence electrons. The van der Waals surface area contributed by atoms with Crippen molar-refractivity contribution in [2.24, 2.45) is 0 Å². The highest BCUT2D eigenvalue weighted by atomic mass is 35.5. The topological polar surface area (TPSA) is 92.9 Å². The van der Waals surface area contributed by atoms with Crippen LogP contribution in [-0.4, -0.2) is 21.8 Å². The number of ketones is 1. The van der Waals surface area contributed by atoms with E-state index in [1.165, 1.54) is 22.3 Å². The first-order valence-electron chi connectivity index (χ1n) is 11.7. The molecular formula is C29H19ClN2O5S. The zero-order chi connectivity index (χ0) is 26.4. The van der Waals surface area contributed by atoms with Gasteiger partial charge in [0, 0.05) is 5.02 Å². The Labute approximate surface area is 226 Å². The number of hydrogen-bond acceptors (Lipinski definition) is 7. The first-order chi connectivity index (χ1) is 18.4. The Hall–Kier alpha value is -4.40. The summed E-state index contributed by atoms with van der Waals surface area (Å²) >= 11 is 7.40. The fourth-order valence-corrected chi connectivity index (χ4v) is 5.67. The number of anilines is 1. The van der Waals surface area contributed by atoms with Crippen LogP contribution in [0.5, 0.6) is 11.5 Å². The summed E-state index contributed by atoms with van der Waals surface area (Å²) in [4.78, 5) is 33.1. The molecule has 0 radical (unpaired) electrons. The molecule has 0 aliphatic carbocycles. The minimum absolute atomic E-state index is 0.0245. The van der Waals surface area contributed by atoms with Crippen molar-refractivity contribution in [1.82, 2.24) is 4.98 Å². The molecule has 0 fully saturated rings. The molecule has 38 heavy (non-hydrogen) atoms. The van der Waals surface area contributed by atoms with Gasteiger partial charge in [0.1, 0.15) is 17.3 Å². The van der Waals surface area contributed by atoms with Crippen LogP contribution in [-0.2, 0) is 4.79 Å². The van der Waals surface area contributed by atoms with Gasteiger partial charge in [-0.3, -0.25) is 14.5 Å². The maximum Gasteiger partial charge on any atom is 0.296 e. The van der Waals surface area contributed by atoms with E-state index >= 15 is 0 Å². The van der Waals surface area contributed by atoms with Crippen LogP contribution >= 0.6 is 22.9 Å². The van der Waals surface area contributed by atoms with Gasteiger partial charge in [-0.05, 0) is 67.1 Å². The Balaban J connectivity index is 1.48. The first-order valence-corrected chi connectivity index (χ1v) is 12.9. The van der Waals surface area contributed by atoms with E-state index in [0.717, 1.165) is 4.70 Å². The number of benzene rings is 3. The molecule has 1 amide bonds.